The van der Waals surface area contributed by atoms with Gasteiger partial charge in [0.1, 0.15) is 0 Å². The molecule has 1 aliphatic heterocycles. The Kier molecular flexibility index (Phi) is 6.08. The monoisotopic (exact) mass is 377 g/mol. The molecule has 0 radical (unpaired) electrons. The van der Waals surface area contributed by atoms with Crippen LogP contribution < -0.4 is 5.09 Å². The van der Waals surface area contributed by atoms with Crippen LogP contribution in [0.15, 0.2) is 60.7 Å². The van der Waals surface area contributed by atoms with Gasteiger partial charge in [0.25, 0.3) is 0 Å². The van der Waals surface area contributed by atoms with Crippen LogP contribution in [0.25, 0.3) is 0 Å². The molecule has 0 saturated carbocycles. The van der Waals surface area contributed by atoms with E-state index >= 15 is 0 Å². The molecule has 3 rings (SSSR count). The molecule has 0 amide bonds. The molecule has 1 fully saturated rings. The second kappa shape index (κ2) is 8.13. The number of hydrogen-bond acceptors (Lipinski definition) is 5. The van der Waals surface area contributed by atoms with Crippen LogP contribution in [0, 0.1) is 0 Å². The molecule has 1 heterocycles. The van der Waals surface area contributed by atoms with Gasteiger partial charge >= 0.3 is 155 Å². The minimum absolute atomic E-state index is 0.138. The number of hydrogen-bond donors (Lipinski definition) is 1. The van der Waals surface area contributed by atoms with Crippen molar-refractivity contribution in [1.29, 1.82) is 0 Å². The summed E-state index contributed by atoms with van der Waals surface area (Å²) >= 11 is 0. The Hall–Kier alpha value is -1.33. The number of benzene rings is 2. The van der Waals surface area contributed by atoms with E-state index in [1.807, 2.05) is 57.2 Å². The molecular formula is C20H28NO4P. The summed E-state index contributed by atoms with van der Waals surface area (Å²) in [5, 5.41) is 3.53. The standard InChI is InChI=1S/C20H28NO4P/c1-4-22-26(23-5-2,24-6-3)21-19(17-13-9-7-10-14-17)20(25-26)18-15-11-8-12-16-18/h7-16,19-21H,4-6H2,1-3H3/t19-,20-/m1/s1. The van der Waals surface area contributed by atoms with Crippen molar-refractivity contribution in [3.8, 4) is 0 Å². The summed E-state index contributed by atoms with van der Waals surface area (Å²) < 4.78 is 24.9. The normalized spacial score (nSPS) is 25.4. The minimum atomic E-state index is -3.92. The molecule has 2 aromatic carbocycles. The third-order valence-corrected chi connectivity index (χ3v) is 7.69. The van der Waals surface area contributed by atoms with Crippen LogP contribution in [0.1, 0.15) is 44.0 Å². The first-order valence-corrected chi connectivity index (χ1v) is 11.1. The molecule has 2 aromatic rings. The van der Waals surface area contributed by atoms with Gasteiger partial charge in [-0.15, -0.1) is 0 Å². The van der Waals surface area contributed by atoms with E-state index in [4.69, 9.17) is 18.1 Å². The summed E-state index contributed by atoms with van der Waals surface area (Å²) in [6.45, 7) is 7.04. The molecule has 6 heteroatoms. The summed E-state index contributed by atoms with van der Waals surface area (Å²) in [5.41, 5.74) is 2.16. The Morgan fingerprint density at radius 2 is 1.23 bits per heavy atom. The molecule has 26 heavy (non-hydrogen) atoms. The zero-order chi connectivity index (χ0) is 18.5. The van der Waals surface area contributed by atoms with Crippen LogP contribution >= 0.6 is 7.66 Å². The second-order valence-corrected chi connectivity index (χ2v) is 8.89. The summed E-state index contributed by atoms with van der Waals surface area (Å²) in [6.07, 6.45) is -0.277. The molecule has 0 aromatic heterocycles. The first kappa shape index (κ1) is 19.4. The van der Waals surface area contributed by atoms with E-state index in [-0.39, 0.29) is 12.1 Å². The van der Waals surface area contributed by atoms with Gasteiger partial charge < -0.3 is 0 Å². The van der Waals surface area contributed by atoms with Crippen molar-refractivity contribution in [3.05, 3.63) is 71.8 Å². The summed E-state index contributed by atoms with van der Waals surface area (Å²) in [5.74, 6) is 0. The van der Waals surface area contributed by atoms with Crippen molar-refractivity contribution in [2.24, 2.45) is 0 Å². The Morgan fingerprint density at radius 3 is 1.69 bits per heavy atom. The zero-order valence-electron chi connectivity index (χ0n) is 15.6. The molecule has 5 nitrogen and oxygen atoms in total. The molecule has 1 aliphatic rings. The number of rotatable bonds is 8. The van der Waals surface area contributed by atoms with Gasteiger partial charge in [0, 0.05) is 0 Å². The van der Waals surface area contributed by atoms with Gasteiger partial charge in [-0.1, -0.05) is 0 Å². The second-order valence-electron chi connectivity index (χ2n) is 6.02. The van der Waals surface area contributed by atoms with Crippen molar-refractivity contribution >= 4 is 7.66 Å². The molecule has 0 bridgehead atoms. The quantitative estimate of drug-likeness (QED) is 0.631. The summed E-state index contributed by atoms with van der Waals surface area (Å²) in [7, 11) is -3.92. The fraction of sp³-hybridized carbons (Fsp3) is 0.400. The molecule has 0 unspecified atom stereocenters. The third-order valence-electron chi connectivity index (χ3n) is 4.29. The van der Waals surface area contributed by atoms with E-state index < -0.39 is 7.66 Å². The third kappa shape index (κ3) is 3.70. The zero-order valence-corrected chi connectivity index (χ0v) is 16.5. The fourth-order valence-electron chi connectivity index (χ4n) is 3.37. The van der Waals surface area contributed by atoms with E-state index in [1.54, 1.807) is 0 Å². The van der Waals surface area contributed by atoms with E-state index in [2.05, 4.69) is 29.4 Å². The summed E-state index contributed by atoms with van der Waals surface area (Å²) in [4.78, 5) is 0. The van der Waals surface area contributed by atoms with E-state index in [9.17, 15) is 0 Å². The van der Waals surface area contributed by atoms with E-state index in [1.165, 1.54) is 0 Å². The van der Waals surface area contributed by atoms with Crippen molar-refractivity contribution in [3.63, 3.8) is 0 Å². The maximum absolute atomic E-state index is 6.56. The Balaban J connectivity index is 2.09. The molecule has 1 N–H and O–H groups in total. The molecule has 2 atom stereocenters. The van der Waals surface area contributed by atoms with Crippen molar-refractivity contribution < 1.29 is 18.1 Å². The van der Waals surface area contributed by atoms with Crippen molar-refractivity contribution in [1.82, 2.24) is 5.09 Å². The van der Waals surface area contributed by atoms with Gasteiger partial charge in [-0.05, 0) is 0 Å². The van der Waals surface area contributed by atoms with Gasteiger partial charge in [-0.25, -0.2) is 0 Å². The van der Waals surface area contributed by atoms with Crippen LogP contribution in [-0.2, 0) is 18.1 Å². The molecule has 142 valence electrons. The fourth-order valence-corrected chi connectivity index (χ4v) is 6.77. The average molecular weight is 377 g/mol. The van der Waals surface area contributed by atoms with Gasteiger partial charge in [0.05, 0.1) is 0 Å². The van der Waals surface area contributed by atoms with Gasteiger partial charge in [-0.2, -0.15) is 0 Å². The van der Waals surface area contributed by atoms with Crippen LogP contribution in [0.4, 0.5) is 0 Å². The van der Waals surface area contributed by atoms with Crippen LogP contribution in [-0.4, -0.2) is 19.8 Å². The molecule has 0 aliphatic carbocycles. The van der Waals surface area contributed by atoms with Crippen LogP contribution in [0.3, 0.4) is 0 Å². The van der Waals surface area contributed by atoms with Crippen molar-refractivity contribution in [2.75, 3.05) is 19.8 Å². The van der Waals surface area contributed by atoms with Gasteiger partial charge in [0.2, 0.25) is 0 Å². The van der Waals surface area contributed by atoms with E-state index in [0.717, 1.165) is 11.1 Å². The average Bonchev–Trinajstić information content (AvgIpc) is 3.00. The topological polar surface area (TPSA) is 49.0 Å². The predicted molar refractivity (Wildman–Crippen MR) is 104 cm³/mol. The first-order valence-electron chi connectivity index (χ1n) is 9.20. The van der Waals surface area contributed by atoms with Gasteiger partial charge in [0.15, 0.2) is 0 Å². The van der Waals surface area contributed by atoms with Crippen molar-refractivity contribution in [2.45, 2.75) is 32.9 Å². The molecule has 0 spiro atoms. The van der Waals surface area contributed by atoms with E-state index in [0.29, 0.717) is 19.8 Å². The molecular weight excluding hydrogens is 349 g/mol. The predicted octanol–water partition coefficient (Wildman–Crippen LogP) is 5.33. The molecule has 1 saturated heterocycles. The Bertz CT molecular complexity index is 626. The van der Waals surface area contributed by atoms with Crippen LogP contribution in [0.2, 0.25) is 0 Å². The number of nitrogens with one attached hydrogen (secondary N) is 1. The Morgan fingerprint density at radius 1 is 0.769 bits per heavy atom. The Labute approximate surface area is 155 Å². The van der Waals surface area contributed by atoms with Crippen LogP contribution in [0.5, 0.6) is 0 Å². The SMILES string of the molecule is CCOP1(OCC)(OCC)N[C@H](c2ccccc2)[C@@H](c2ccccc2)O1. The maximum atomic E-state index is 6.56. The first-order chi connectivity index (χ1) is 12.7. The van der Waals surface area contributed by atoms with Gasteiger partial charge in [-0.3, -0.25) is 0 Å². The summed E-state index contributed by atoms with van der Waals surface area (Å²) in [6, 6.07) is 20.2.